The molecule has 0 fully saturated rings. The highest BCUT2D eigenvalue weighted by Crippen LogP contribution is 2.15. The van der Waals surface area contributed by atoms with Crippen molar-refractivity contribution in [2.45, 2.75) is 25.9 Å². The second-order valence-corrected chi connectivity index (χ2v) is 5.44. The number of rotatable bonds is 8. The lowest BCUT2D eigenvalue weighted by Crippen LogP contribution is -2.38. The van der Waals surface area contributed by atoms with E-state index in [-0.39, 0.29) is 18.4 Å². The molecule has 1 aromatic carbocycles. The number of carboxylic acids is 1. The van der Waals surface area contributed by atoms with E-state index < -0.39 is 12.1 Å². The first-order valence-electron chi connectivity index (χ1n) is 6.69. The molecule has 0 heterocycles. The maximum atomic E-state index is 11.8. The van der Waals surface area contributed by atoms with Crippen molar-refractivity contribution >= 4 is 23.5 Å². The van der Waals surface area contributed by atoms with Gasteiger partial charge in [-0.2, -0.15) is 0 Å². The predicted octanol–water partition coefficient (Wildman–Crippen LogP) is 2.12. The smallest absolute Gasteiger partial charge is 0.334 e. The Morgan fingerprint density at radius 1 is 1.33 bits per heavy atom. The van der Waals surface area contributed by atoms with E-state index in [1.165, 1.54) is 7.11 Å². The van der Waals surface area contributed by atoms with Crippen molar-refractivity contribution in [2.24, 2.45) is 5.92 Å². The highest BCUT2D eigenvalue weighted by atomic mass is 35.5. The van der Waals surface area contributed by atoms with Crippen LogP contribution < -0.4 is 5.32 Å². The minimum atomic E-state index is -1.09. The maximum Gasteiger partial charge on any atom is 0.334 e. The van der Waals surface area contributed by atoms with Gasteiger partial charge in [-0.3, -0.25) is 4.79 Å². The molecule has 0 radical (unpaired) electrons. The van der Waals surface area contributed by atoms with Crippen molar-refractivity contribution in [1.82, 2.24) is 5.32 Å². The Kier molecular flexibility index (Phi) is 7.19. The number of hydrogen-bond donors (Lipinski definition) is 2. The fourth-order valence-electron chi connectivity index (χ4n) is 1.96. The number of benzene rings is 1. The lowest BCUT2D eigenvalue weighted by Gasteiger charge is -2.14. The number of hydrogen-bond acceptors (Lipinski definition) is 3. The third kappa shape index (κ3) is 6.60. The molecular weight excluding hydrogens is 294 g/mol. The first kappa shape index (κ1) is 17.5. The minimum absolute atomic E-state index is 0.0294. The van der Waals surface area contributed by atoms with Crippen molar-refractivity contribution in [3.05, 3.63) is 34.9 Å². The molecule has 0 aliphatic heterocycles. The van der Waals surface area contributed by atoms with Crippen LogP contribution in [0.1, 0.15) is 18.9 Å². The van der Waals surface area contributed by atoms with Gasteiger partial charge in [0.15, 0.2) is 6.10 Å². The van der Waals surface area contributed by atoms with Gasteiger partial charge in [-0.1, -0.05) is 30.7 Å². The summed E-state index contributed by atoms with van der Waals surface area (Å²) in [5.41, 5.74) is 1.11. The Bertz CT molecular complexity index is 475. The molecule has 6 heteroatoms. The quantitative estimate of drug-likeness (QED) is 0.771. The van der Waals surface area contributed by atoms with E-state index in [1.54, 1.807) is 0 Å². The van der Waals surface area contributed by atoms with Crippen LogP contribution in [0.4, 0.5) is 0 Å². The van der Waals surface area contributed by atoms with Crippen LogP contribution in [0.3, 0.4) is 0 Å². The second kappa shape index (κ2) is 8.64. The summed E-state index contributed by atoms with van der Waals surface area (Å²) in [6.45, 7) is 1.94. The van der Waals surface area contributed by atoms with Gasteiger partial charge in [0.05, 0.1) is 6.54 Å². The monoisotopic (exact) mass is 313 g/mol. The molecule has 2 unspecified atom stereocenters. The SMILES string of the molecule is COC(CNC(=O)CC(C)Cc1ccc(Cl)cc1)C(=O)O. The van der Waals surface area contributed by atoms with Gasteiger partial charge in [-0.05, 0) is 30.0 Å². The van der Waals surface area contributed by atoms with Crippen LogP contribution in [-0.2, 0) is 20.7 Å². The van der Waals surface area contributed by atoms with Crippen LogP contribution in [0.25, 0.3) is 0 Å². The van der Waals surface area contributed by atoms with Crippen molar-refractivity contribution in [3.8, 4) is 0 Å². The molecule has 0 saturated carbocycles. The zero-order valence-electron chi connectivity index (χ0n) is 12.1. The molecule has 2 N–H and O–H groups in total. The largest absolute Gasteiger partial charge is 0.479 e. The summed E-state index contributed by atoms with van der Waals surface area (Å²) < 4.78 is 4.75. The number of nitrogens with one attached hydrogen (secondary N) is 1. The van der Waals surface area contributed by atoms with Crippen molar-refractivity contribution < 1.29 is 19.4 Å². The third-order valence-electron chi connectivity index (χ3n) is 3.08. The zero-order chi connectivity index (χ0) is 15.8. The van der Waals surface area contributed by atoms with Gasteiger partial charge >= 0.3 is 5.97 Å². The van der Waals surface area contributed by atoms with Crippen LogP contribution >= 0.6 is 11.6 Å². The van der Waals surface area contributed by atoms with Crippen LogP contribution in [0.2, 0.25) is 5.02 Å². The summed E-state index contributed by atoms with van der Waals surface area (Å²) in [7, 11) is 1.30. The molecule has 1 aromatic rings. The Morgan fingerprint density at radius 2 is 1.95 bits per heavy atom. The van der Waals surface area contributed by atoms with E-state index in [0.29, 0.717) is 11.4 Å². The van der Waals surface area contributed by atoms with Crippen LogP contribution in [-0.4, -0.2) is 36.7 Å². The number of aliphatic carboxylic acids is 1. The molecule has 1 amide bonds. The van der Waals surface area contributed by atoms with Crippen LogP contribution in [0, 0.1) is 5.92 Å². The average Bonchev–Trinajstić information content (AvgIpc) is 2.41. The van der Waals surface area contributed by atoms with E-state index in [4.69, 9.17) is 21.4 Å². The van der Waals surface area contributed by atoms with E-state index in [1.807, 2.05) is 31.2 Å². The topological polar surface area (TPSA) is 75.6 Å². The fourth-order valence-corrected chi connectivity index (χ4v) is 2.09. The van der Waals surface area contributed by atoms with Gasteiger partial charge in [0.2, 0.25) is 5.91 Å². The standard InChI is InChI=1S/C15H20ClNO4/c1-10(7-11-3-5-12(16)6-4-11)8-14(18)17-9-13(21-2)15(19)20/h3-6,10,13H,7-9H2,1-2H3,(H,17,18)(H,19,20). The molecular formula is C15H20ClNO4. The predicted molar refractivity (Wildman–Crippen MR) is 80.4 cm³/mol. The molecule has 0 aliphatic rings. The molecule has 21 heavy (non-hydrogen) atoms. The Balaban J connectivity index is 2.36. The number of amides is 1. The van der Waals surface area contributed by atoms with Crippen LogP contribution in [0.15, 0.2) is 24.3 Å². The van der Waals surface area contributed by atoms with Crippen molar-refractivity contribution in [1.29, 1.82) is 0 Å². The third-order valence-corrected chi connectivity index (χ3v) is 3.33. The molecule has 2 atom stereocenters. The molecule has 0 bridgehead atoms. The van der Waals surface area contributed by atoms with Gasteiger partial charge in [0.1, 0.15) is 0 Å². The summed E-state index contributed by atoms with van der Waals surface area (Å²) in [4.78, 5) is 22.5. The fraction of sp³-hybridized carbons (Fsp3) is 0.467. The Labute approximate surface area is 129 Å². The molecule has 0 saturated heterocycles. The average molecular weight is 314 g/mol. The number of carboxylic acid groups (broad SMARTS) is 1. The number of carbonyl (C=O) groups is 2. The van der Waals surface area contributed by atoms with E-state index in [9.17, 15) is 9.59 Å². The minimum Gasteiger partial charge on any atom is -0.479 e. The Morgan fingerprint density at radius 3 is 2.48 bits per heavy atom. The highest BCUT2D eigenvalue weighted by Gasteiger charge is 2.18. The second-order valence-electron chi connectivity index (χ2n) is 5.01. The summed E-state index contributed by atoms with van der Waals surface area (Å²) >= 11 is 5.82. The highest BCUT2D eigenvalue weighted by molar-refractivity contribution is 6.30. The van der Waals surface area contributed by atoms with Gasteiger partial charge < -0.3 is 15.2 Å². The zero-order valence-corrected chi connectivity index (χ0v) is 12.9. The maximum absolute atomic E-state index is 11.8. The summed E-state index contributed by atoms with van der Waals surface area (Å²) in [5, 5.41) is 12.1. The summed E-state index contributed by atoms with van der Waals surface area (Å²) in [6, 6.07) is 7.50. The summed E-state index contributed by atoms with van der Waals surface area (Å²) in [5.74, 6) is -1.12. The number of ether oxygens (including phenoxy) is 1. The van der Waals surface area contributed by atoms with Crippen LogP contribution in [0.5, 0.6) is 0 Å². The molecule has 5 nitrogen and oxygen atoms in total. The molecule has 0 spiro atoms. The van der Waals surface area contributed by atoms with Gasteiger partial charge in [-0.15, -0.1) is 0 Å². The molecule has 1 rings (SSSR count). The van der Waals surface area contributed by atoms with E-state index >= 15 is 0 Å². The number of halogens is 1. The lowest BCUT2D eigenvalue weighted by molar-refractivity contribution is -0.148. The van der Waals surface area contributed by atoms with Gasteiger partial charge in [0.25, 0.3) is 0 Å². The number of carbonyl (C=O) groups excluding carboxylic acids is 1. The molecule has 116 valence electrons. The lowest BCUT2D eigenvalue weighted by atomic mass is 9.98. The van der Waals surface area contributed by atoms with Gasteiger partial charge in [-0.25, -0.2) is 4.79 Å². The van der Waals surface area contributed by atoms with Crippen molar-refractivity contribution in [3.63, 3.8) is 0 Å². The molecule has 0 aliphatic carbocycles. The first-order chi connectivity index (χ1) is 9.92. The van der Waals surface area contributed by atoms with E-state index in [2.05, 4.69) is 5.32 Å². The Hall–Kier alpha value is -1.59. The number of methoxy groups -OCH3 is 1. The van der Waals surface area contributed by atoms with E-state index in [0.717, 1.165) is 12.0 Å². The normalized spacial score (nSPS) is 13.5. The van der Waals surface area contributed by atoms with Gasteiger partial charge in [0, 0.05) is 18.6 Å². The molecule has 0 aromatic heterocycles. The van der Waals surface area contributed by atoms with Crippen molar-refractivity contribution in [2.75, 3.05) is 13.7 Å². The summed E-state index contributed by atoms with van der Waals surface area (Å²) in [6.07, 6.45) is 0.0798. The first-order valence-corrected chi connectivity index (χ1v) is 7.07.